The van der Waals surface area contributed by atoms with Crippen LogP contribution in [0.1, 0.15) is 51.4 Å². The van der Waals surface area contributed by atoms with Crippen molar-refractivity contribution in [1.29, 1.82) is 0 Å². The number of para-hydroxylation sites is 4. The molecule has 346 valence electrons. The van der Waals surface area contributed by atoms with Crippen LogP contribution in [-0.2, 0) is 14.3 Å². The Balaban J connectivity index is 0.000000335. The van der Waals surface area contributed by atoms with E-state index in [2.05, 4.69) is 30.4 Å². The van der Waals surface area contributed by atoms with E-state index < -0.39 is 5.97 Å². The molecule has 0 aliphatic carbocycles. The fourth-order valence-electron chi connectivity index (χ4n) is 6.91. The summed E-state index contributed by atoms with van der Waals surface area (Å²) in [6, 6.07) is 39.7. The number of hydrogen-bond acceptors (Lipinski definition) is 9. The maximum Gasteiger partial charge on any atom is 0.305 e. The smallest absolute Gasteiger partial charge is 0.305 e. The molecule has 0 saturated carbocycles. The number of nitrogens with zero attached hydrogens (tertiary/aromatic N) is 4. The predicted molar refractivity (Wildman–Crippen MR) is 272 cm³/mol. The summed E-state index contributed by atoms with van der Waals surface area (Å²) in [7, 11) is 1.43. The summed E-state index contributed by atoms with van der Waals surface area (Å²) >= 11 is 13.5. The number of ether oxygens (including phenoxy) is 1. The van der Waals surface area contributed by atoms with Gasteiger partial charge in [-0.1, -0.05) is 109 Å². The molecule has 14 heteroatoms. The maximum atomic E-state index is 11.3. The average molecular weight is 944 g/mol. The number of aliphatic imine (C=N–C) groups is 2. The van der Waals surface area contributed by atoms with Gasteiger partial charge in [0.15, 0.2) is 0 Å². The topological polar surface area (TPSA) is 150 Å². The lowest BCUT2D eigenvalue weighted by Crippen LogP contribution is -2.34. The van der Waals surface area contributed by atoms with Gasteiger partial charge in [0.2, 0.25) is 0 Å². The van der Waals surface area contributed by atoms with Gasteiger partial charge in [-0.2, -0.15) is 0 Å². The molecule has 4 aromatic rings. The zero-order valence-corrected chi connectivity index (χ0v) is 39.2. The van der Waals surface area contributed by atoms with Gasteiger partial charge >= 0.3 is 11.9 Å². The van der Waals surface area contributed by atoms with E-state index in [0.717, 1.165) is 126 Å². The molecule has 0 bridgehead atoms. The second-order valence-electron chi connectivity index (χ2n) is 15.2. The van der Waals surface area contributed by atoms with Crippen LogP contribution in [0, 0.1) is 0 Å². The van der Waals surface area contributed by atoms with Crippen LogP contribution in [-0.4, -0.2) is 91.1 Å². The molecule has 0 fully saturated rings. The second-order valence-corrected chi connectivity index (χ2v) is 16.0. The summed E-state index contributed by atoms with van der Waals surface area (Å²) in [5.74, 6) is -0.876. The first kappa shape index (κ1) is 53.8. The Labute approximate surface area is 400 Å². The number of carboxylic acids is 1. The molecule has 6 rings (SSSR count). The van der Waals surface area contributed by atoms with Crippen molar-refractivity contribution in [2.45, 2.75) is 51.4 Å². The number of hydrogen-bond donors (Lipinski definition) is 3. The molecule has 0 aromatic heterocycles. The molecule has 0 radical (unpaired) electrons. The highest BCUT2D eigenvalue weighted by Gasteiger charge is 2.22. The van der Waals surface area contributed by atoms with Crippen LogP contribution in [0.5, 0.6) is 0 Å². The largest absolute Gasteiger partial charge is 0.481 e. The van der Waals surface area contributed by atoms with Crippen LogP contribution in [0.4, 0.5) is 22.7 Å². The summed E-state index contributed by atoms with van der Waals surface area (Å²) in [5.41, 5.74) is 7.83. The first-order valence-corrected chi connectivity index (χ1v) is 22.2. The minimum Gasteiger partial charge on any atom is -0.481 e. The van der Waals surface area contributed by atoms with E-state index in [1.165, 1.54) is 7.11 Å². The molecule has 2 aliphatic heterocycles. The lowest BCUT2D eigenvalue weighted by atomic mass is 10.1. The second kappa shape index (κ2) is 30.6. The van der Waals surface area contributed by atoms with Gasteiger partial charge in [0.1, 0.15) is 0 Å². The van der Waals surface area contributed by atoms with Crippen LogP contribution in [0.25, 0.3) is 0 Å². The van der Waals surface area contributed by atoms with E-state index in [9.17, 15) is 9.59 Å². The Morgan fingerprint density at radius 1 is 0.600 bits per heavy atom. The molecule has 5 N–H and O–H groups in total. The van der Waals surface area contributed by atoms with Gasteiger partial charge in [0, 0.05) is 97.5 Å². The number of benzene rings is 4. The van der Waals surface area contributed by atoms with Crippen LogP contribution < -0.4 is 10.6 Å². The van der Waals surface area contributed by atoms with E-state index in [-0.39, 0.29) is 30.3 Å². The zero-order chi connectivity index (χ0) is 44.5. The quantitative estimate of drug-likeness (QED) is 0.0450. The third-order valence-corrected chi connectivity index (χ3v) is 11.2. The number of esters is 1. The van der Waals surface area contributed by atoms with Crippen LogP contribution in [0.2, 0.25) is 0 Å². The van der Waals surface area contributed by atoms with Gasteiger partial charge in [-0.15, -0.1) is 12.4 Å². The highest BCUT2D eigenvalue weighted by molar-refractivity contribution is 6.34. The summed E-state index contributed by atoms with van der Waals surface area (Å²) in [6.45, 7) is 4.77. The van der Waals surface area contributed by atoms with Crippen molar-refractivity contribution in [3.8, 4) is 0 Å². The number of carbonyl (C=O) groups is 2. The van der Waals surface area contributed by atoms with Gasteiger partial charge in [0.05, 0.1) is 28.5 Å². The molecule has 2 heterocycles. The number of unbranched alkanes of at least 4 members (excludes halogenated alkanes) is 4. The van der Waals surface area contributed by atoms with Crippen LogP contribution >= 0.6 is 35.6 Å². The van der Waals surface area contributed by atoms with Crippen molar-refractivity contribution in [3.05, 3.63) is 166 Å². The Kier molecular flexibility index (Phi) is 25.3. The molecule has 65 heavy (non-hydrogen) atoms. The Morgan fingerprint density at radius 3 is 1.37 bits per heavy atom. The number of carbonyl (C=O) groups excluding carboxylic acids is 1. The number of methoxy groups -OCH3 is 1. The number of rotatable bonds is 20. The number of aliphatic carboxylic acids is 1. The molecule has 0 amide bonds. The number of carboxylic acid groups (broad SMARTS) is 1. The maximum absolute atomic E-state index is 11.3. The molecule has 0 saturated heterocycles. The summed E-state index contributed by atoms with van der Waals surface area (Å²) in [4.78, 5) is 35.9. The predicted octanol–water partition coefficient (Wildman–Crippen LogP) is 11.4. The van der Waals surface area contributed by atoms with E-state index in [1.54, 1.807) is 0 Å². The van der Waals surface area contributed by atoms with Gasteiger partial charge in [-0.3, -0.25) is 29.4 Å². The lowest BCUT2D eigenvalue weighted by Gasteiger charge is -2.29. The van der Waals surface area contributed by atoms with Crippen molar-refractivity contribution < 1.29 is 24.9 Å². The van der Waals surface area contributed by atoms with Gasteiger partial charge < -0.3 is 26.0 Å². The van der Waals surface area contributed by atoms with Crippen molar-refractivity contribution >= 4 is 82.7 Å². The van der Waals surface area contributed by atoms with E-state index >= 15 is 0 Å². The lowest BCUT2D eigenvalue weighted by molar-refractivity contribution is -0.141. The Bertz CT molecular complexity index is 2220. The van der Waals surface area contributed by atoms with Crippen molar-refractivity contribution in [2.75, 3.05) is 57.0 Å². The zero-order valence-electron chi connectivity index (χ0n) is 36.9. The first-order valence-electron chi connectivity index (χ1n) is 21.5. The van der Waals surface area contributed by atoms with E-state index in [4.69, 9.17) is 33.0 Å². The summed E-state index contributed by atoms with van der Waals surface area (Å²) in [6.07, 6.45) is 13.8. The molecule has 2 aliphatic rings. The van der Waals surface area contributed by atoms with Gasteiger partial charge in [-0.05, 0) is 87.3 Å². The fourth-order valence-corrected chi connectivity index (χ4v) is 7.36. The number of anilines is 2. The monoisotopic (exact) mass is 942 g/mol. The normalized spacial score (nSPS) is 15.6. The third kappa shape index (κ3) is 20.0. The Morgan fingerprint density at radius 2 is 0.985 bits per heavy atom. The molecular formula is C51H61Cl3N6O5. The van der Waals surface area contributed by atoms with E-state index in [1.807, 2.05) is 146 Å². The molecule has 0 atom stereocenters. The molecule has 0 unspecified atom stereocenters. The van der Waals surface area contributed by atoms with E-state index in [0.29, 0.717) is 12.8 Å². The van der Waals surface area contributed by atoms with Gasteiger partial charge in [-0.25, -0.2) is 0 Å². The number of nitrogens with one attached hydrogen (secondary N) is 2. The fraction of sp³-hybridized carbons (Fsp3) is 0.294. The first-order chi connectivity index (χ1) is 30.8. The van der Waals surface area contributed by atoms with Crippen molar-refractivity contribution in [3.63, 3.8) is 0 Å². The molecular weight excluding hydrogens is 883 g/mol. The van der Waals surface area contributed by atoms with Crippen molar-refractivity contribution in [2.24, 2.45) is 9.98 Å². The number of halogens is 3. The minimum atomic E-state index is -0.732. The third-order valence-electron chi connectivity index (χ3n) is 10.3. The Hall–Kier alpha value is -5.53. The molecule has 11 nitrogen and oxygen atoms in total. The van der Waals surface area contributed by atoms with Gasteiger partial charge in [0.25, 0.3) is 0 Å². The van der Waals surface area contributed by atoms with Crippen molar-refractivity contribution in [1.82, 2.24) is 9.80 Å². The molecule has 0 spiro atoms. The highest BCUT2D eigenvalue weighted by atomic mass is 35.5. The van der Waals surface area contributed by atoms with Crippen LogP contribution in [0.3, 0.4) is 0 Å². The highest BCUT2D eigenvalue weighted by Crippen LogP contribution is 2.29. The summed E-state index contributed by atoms with van der Waals surface area (Å²) in [5, 5.41) is 17.0. The molecule has 4 aromatic carbocycles. The SMILES string of the molecule is COC(=O)CCCCCN1CC(C=Nc2ccccc2)=C(Cl)/C(=C/Nc2ccccc2)C1.Cl.O.O=C(O)CCCCCN1CC(C=Nc2ccccc2)=C(Cl)/C(=C/Nc2ccccc2)C1. The van der Waals surface area contributed by atoms with Crippen LogP contribution in [0.15, 0.2) is 176 Å². The minimum absolute atomic E-state index is 0. The average Bonchev–Trinajstić information content (AvgIpc) is 3.31. The summed E-state index contributed by atoms with van der Waals surface area (Å²) < 4.78 is 4.71. The standard InChI is InChI=1S/C26H30ClN3O2.C25H28ClN3O2.ClH.H2O/c1-32-25(31)15-9-4-10-16-30-19-21(17-28-23-11-5-2-6-12-23)26(27)22(20-30)18-29-24-13-7-3-8-14-24;26-25-20(16-27-22-10-4-1-5-11-22)18-29(15-9-3-8-14-24(30)31)19-21(25)17-28-23-12-6-2-7-13-23;;/h2-3,5-8,11-14,17-18,28H,4,9-10,15-16,19-20H2,1H3;1-2,4-7,10-13,16-17,27H,3,8-9,14-15,18-19H2,(H,30,31);1H;1H2/b21-17+,29-18?;20-16+,28-17?;;.